The van der Waals surface area contributed by atoms with E-state index >= 15 is 0 Å². The second-order valence-electron chi connectivity index (χ2n) is 5.53. The number of methoxy groups -OCH3 is 1. The van der Waals surface area contributed by atoms with Crippen LogP contribution in [0.2, 0.25) is 0 Å². The van der Waals surface area contributed by atoms with Crippen LogP contribution < -0.4 is 10.1 Å². The van der Waals surface area contributed by atoms with Crippen LogP contribution in [0.1, 0.15) is 36.6 Å². The van der Waals surface area contributed by atoms with Crippen molar-refractivity contribution < 1.29 is 13.2 Å². The minimum absolute atomic E-state index is 0.182. The zero-order valence-corrected chi connectivity index (χ0v) is 13.9. The van der Waals surface area contributed by atoms with Crippen LogP contribution in [-0.2, 0) is 9.84 Å². The predicted octanol–water partition coefficient (Wildman–Crippen LogP) is 2.62. The van der Waals surface area contributed by atoms with E-state index in [-0.39, 0.29) is 11.3 Å². The Bertz CT molecular complexity index is 538. The van der Waals surface area contributed by atoms with Gasteiger partial charge in [0, 0.05) is 22.6 Å². The Hall–Kier alpha value is -0.590. The molecule has 1 saturated carbocycles. The Morgan fingerprint density at radius 3 is 2.75 bits per heavy atom. The van der Waals surface area contributed by atoms with E-state index in [9.17, 15) is 8.42 Å². The molecule has 3 unspecified atom stereocenters. The van der Waals surface area contributed by atoms with Crippen LogP contribution >= 0.6 is 11.3 Å². The van der Waals surface area contributed by atoms with Crippen LogP contribution in [0.3, 0.4) is 0 Å². The van der Waals surface area contributed by atoms with E-state index in [4.69, 9.17) is 4.74 Å². The fraction of sp³-hybridized carbons (Fsp3) is 0.714. The molecule has 1 aliphatic carbocycles. The lowest BCUT2D eigenvalue weighted by molar-refractivity contribution is 0.285. The van der Waals surface area contributed by atoms with Crippen molar-refractivity contribution in [3.63, 3.8) is 0 Å². The van der Waals surface area contributed by atoms with Crippen LogP contribution in [0.5, 0.6) is 5.75 Å². The molecule has 0 aromatic carbocycles. The van der Waals surface area contributed by atoms with Gasteiger partial charge in [-0.05, 0) is 38.3 Å². The second-order valence-corrected chi connectivity index (χ2v) is 8.80. The molecule has 1 N–H and O–H groups in total. The fourth-order valence-electron chi connectivity index (χ4n) is 3.09. The third-order valence-electron chi connectivity index (χ3n) is 4.19. The van der Waals surface area contributed by atoms with Crippen LogP contribution in [0.4, 0.5) is 0 Å². The molecule has 0 saturated heterocycles. The van der Waals surface area contributed by atoms with E-state index in [0.717, 1.165) is 31.4 Å². The maximum Gasteiger partial charge on any atom is 0.150 e. The number of ether oxygens (including phenoxy) is 1. The van der Waals surface area contributed by atoms with Gasteiger partial charge in [0.25, 0.3) is 0 Å². The van der Waals surface area contributed by atoms with Crippen molar-refractivity contribution in [2.24, 2.45) is 5.92 Å². The summed E-state index contributed by atoms with van der Waals surface area (Å²) in [4.78, 5) is 1.23. The van der Waals surface area contributed by atoms with Gasteiger partial charge >= 0.3 is 0 Å². The Labute approximate surface area is 125 Å². The fourth-order valence-corrected chi connectivity index (χ4v) is 5.34. The van der Waals surface area contributed by atoms with Crippen LogP contribution in [-0.4, -0.2) is 34.1 Å². The van der Waals surface area contributed by atoms with Crippen molar-refractivity contribution in [2.45, 2.75) is 37.0 Å². The van der Waals surface area contributed by atoms with Crippen molar-refractivity contribution >= 4 is 21.2 Å². The topological polar surface area (TPSA) is 55.4 Å². The van der Waals surface area contributed by atoms with E-state index in [2.05, 4.69) is 11.4 Å². The largest absolute Gasteiger partial charge is 0.496 e. The molecule has 6 heteroatoms. The third kappa shape index (κ3) is 3.54. The lowest BCUT2D eigenvalue weighted by atomic mass is 9.83. The minimum Gasteiger partial charge on any atom is -0.496 e. The molecule has 4 nitrogen and oxygen atoms in total. The van der Waals surface area contributed by atoms with Gasteiger partial charge in [0.05, 0.1) is 12.4 Å². The van der Waals surface area contributed by atoms with Gasteiger partial charge in [-0.1, -0.05) is 6.42 Å². The van der Waals surface area contributed by atoms with Gasteiger partial charge in [0.2, 0.25) is 0 Å². The van der Waals surface area contributed by atoms with Gasteiger partial charge in [-0.15, -0.1) is 11.3 Å². The van der Waals surface area contributed by atoms with Gasteiger partial charge in [0.1, 0.15) is 15.6 Å². The molecule has 1 fully saturated rings. The quantitative estimate of drug-likeness (QED) is 0.907. The maximum absolute atomic E-state index is 11.8. The first-order valence-corrected chi connectivity index (χ1v) is 9.77. The van der Waals surface area contributed by atoms with E-state index in [1.807, 2.05) is 12.4 Å². The maximum atomic E-state index is 11.8. The molecule has 0 radical (unpaired) electrons. The Morgan fingerprint density at radius 2 is 2.20 bits per heavy atom. The Balaban J connectivity index is 2.15. The molecule has 0 spiro atoms. The SMILES string of the molecule is CNC(c1cc(OC)cs1)C1CCCC(S(C)(=O)=O)C1. The van der Waals surface area contributed by atoms with Crippen LogP contribution in [0.25, 0.3) is 0 Å². The summed E-state index contributed by atoms with van der Waals surface area (Å²) >= 11 is 1.67. The number of thiophene rings is 1. The average molecular weight is 317 g/mol. The van der Waals surface area contributed by atoms with Crippen LogP contribution in [0, 0.1) is 5.92 Å². The molecular weight excluding hydrogens is 294 g/mol. The number of hydrogen-bond acceptors (Lipinski definition) is 5. The van der Waals surface area contributed by atoms with Crippen molar-refractivity contribution in [3.8, 4) is 5.75 Å². The van der Waals surface area contributed by atoms with Crippen molar-refractivity contribution in [1.29, 1.82) is 0 Å². The van der Waals surface area contributed by atoms with Gasteiger partial charge in [-0.2, -0.15) is 0 Å². The lowest BCUT2D eigenvalue weighted by Crippen LogP contribution is -2.34. The van der Waals surface area contributed by atoms with Crippen LogP contribution in [0.15, 0.2) is 11.4 Å². The second kappa shape index (κ2) is 6.45. The van der Waals surface area contributed by atoms with Crippen molar-refractivity contribution in [1.82, 2.24) is 5.32 Å². The normalized spacial score (nSPS) is 25.4. The Morgan fingerprint density at radius 1 is 1.45 bits per heavy atom. The van der Waals surface area contributed by atoms with E-state index < -0.39 is 9.84 Å². The van der Waals surface area contributed by atoms with Gasteiger partial charge < -0.3 is 10.1 Å². The molecule has 1 aromatic heterocycles. The van der Waals surface area contributed by atoms with Crippen molar-refractivity contribution in [3.05, 3.63) is 16.3 Å². The number of sulfone groups is 1. The number of nitrogens with one attached hydrogen (secondary N) is 1. The van der Waals surface area contributed by atoms with E-state index in [1.165, 1.54) is 11.1 Å². The molecule has 1 heterocycles. The smallest absolute Gasteiger partial charge is 0.150 e. The molecule has 1 aromatic rings. The highest BCUT2D eigenvalue weighted by atomic mass is 32.2. The van der Waals surface area contributed by atoms with E-state index in [1.54, 1.807) is 18.4 Å². The average Bonchev–Trinajstić information content (AvgIpc) is 2.88. The first-order valence-electron chi connectivity index (χ1n) is 6.94. The highest BCUT2D eigenvalue weighted by molar-refractivity contribution is 7.91. The number of hydrogen-bond donors (Lipinski definition) is 1. The minimum atomic E-state index is -2.93. The van der Waals surface area contributed by atoms with Gasteiger partial charge in [0.15, 0.2) is 0 Å². The molecule has 114 valence electrons. The first kappa shape index (κ1) is 15.8. The zero-order chi connectivity index (χ0) is 14.8. The predicted molar refractivity (Wildman–Crippen MR) is 83.3 cm³/mol. The van der Waals surface area contributed by atoms with Gasteiger partial charge in [-0.25, -0.2) is 8.42 Å². The molecule has 3 atom stereocenters. The highest BCUT2D eigenvalue weighted by Crippen LogP contribution is 2.39. The zero-order valence-electron chi connectivity index (χ0n) is 12.3. The molecular formula is C14H23NO3S2. The molecule has 1 aliphatic rings. The molecule has 0 amide bonds. The summed E-state index contributed by atoms with van der Waals surface area (Å²) in [6.45, 7) is 0. The number of rotatable bonds is 5. The molecule has 0 bridgehead atoms. The summed E-state index contributed by atoms with van der Waals surface area (Å²) in [5.41, 5.74) is 0. The third-order valence-corrected chi connectivity index (χ3v) is 6.83. The highest BCUT2D eigenvalue weighted by Gasteiger charge is 2.33. The molecule has 0 aliphatic heterocycles. The Kier molecular flexibility index (Phi) is 5.09. The summed E-state index contributed by atoms with van der Waals surface area (Å²) < 4.78 is 28.8. The van der Waals surface area contributed by atoms with E-state index in [0.29, 0.717) is 5.92 Å². The summed E-state index contributed by atoms with van der Waals surface area (Å²) in [7, 11) is 0.681. The standard InChI is InChI=1S/C14H23NO3S2/c1-15-14(13-8-11(18-2)9-19-13)10-5-4-6-12(7-10)20(3,16)17/h8-10,12,14-15H,4-7H2,1-3H3. The monoisotopic (exact) mass is 317 g/mol. The first-order chi connectivity index (χ1) is 9.45. The summed E-state index contributed by atoms with van der Waals surface area (Å²) in [5, 5.41) is 5.17. The molecule has 2 rings (SSSR count). The summed E-state index contributed by atoms with van der Waals surface area (Å²) in [6, 6.07) is 2.27. The molecule has 20 heavy (non-hydrogen) atoms. The van der Waals surface area contributed by atoms with Crippen molar-refractivity contribution in [2.75, 3.05) is 20.4 Å². The summed E-state index contributed by atoms with van der Waals surface area (Å²) in [6.07, 6.45) is 4.99. The lowest BCUT2D eigenvalue weighted by Gasteiger charge is -2.33. The van der Waals surface area contributed by atoms with Gasteiger partial charge in [-0.3, -0.25) is 0 Å². The summed E-state index contributed by atoms with van der Waals surface area (Å²) in [5.74, 6) is 1.25.